The number of aliphatic carboxylic acids is 1. The van der Waals surface area contributed by atoms with Gasteiger partial charge in [0.2, 0.25) is 0 Å². The summed E-state index contributed by atoms with van der Waals surface area (Å²) < 4.78 is 10.1. The van der Waals surface area contributed by atoms with E-state index in [4.69, 9.17) is 4.74 Å². The first-order valence-electron chi connectivity index (χ1n) is 6.20. The van der Waals surface area contributed by atoms with Crippen LogP contribution in [0.25, 0.3) is 0 Å². The molecule has 2 N–H and O–H groups in total. The number of hydrogen-bond acceptors (Lipinski definition) is 4. The summed E-state index contributed by atoms with van der Waals surface area (Å²) in [6, 6.07) is -0.919. The van der Waals surface area contributed by atoms with E-state index in [-0.39, 0.29) is 18.1 Å². The summed E-state index contributed by atoms with van der Waals surface area (Å²) >= 11 is 0. The zero-order chi connectivity index (χ0) is 13.7. The molecule has 6 nitrogen and oxygen atoms in total. The van der Waals surface area contributed by atoms with Gasteiger partial charge in [0.1, 0.15) is 6.04 Å². The molecule has 0 spiro atoms. The highest BCUT2D eigenvalue weighted by atomic mass is 16.5. The van der Waals surface area contributed by atoms with Crippen molar-refractivity contribution >= 4 is 12.1 Å². The molecule has 1 rings (SSSR count). The summed E-state index contributed by atoms with van der Waals surface area (Å²) in [6.07, 6.45) is 1.45. The summed E-state index contributed by atoms with van der Waals surface area (Å²) in [4.78, 5) is 22.4. The first-order valence-corrected chi connectivity index (χ1v) is 6.20. The number of amides is 1. The van der Waals surface area contributed by atoms with Crippen LogP contribution in [0.5, 0.6) is 0 Å². The molecule has 1 aliphatic rings. The number of rotatable bonds is 4. The molecule has 104 valence electrons. The summed E-state index contributed by atoms with van der Waals surface area (Å²) in [7, 11) is 1.22. The van der Waals surface area contributed by atoms with Crippen molar-refractivity contribution in [2.24, 2.45) is 5.92 Å². The van der Waals surface area contributed by atoms with E-state index in [0.717, 1.165) is 6.42 Å². The lowest BCUT2D eigenvalue weighted by molar-refractivity contribution is -0.143. The van der Waals surface area contributed by atoms with Crippen molar-refractivity contribution in [3.05, 3.63) is 0 Å². The molecule has 0 aromatic rings. The first kappa shape index (κ1) is 14.8. The van der Waals surface area contributed by atoms with Gasteiger partial charge < -0.3 is 19.9 Å². The van der Waals surface area contributed by atoms with E-state index in [2.05, 4.69) is 10.1 Å². The lowest BCUT2D eigenvalue weighted by atomic mass is 9.85. The van der Waals surface area contributed by atoms with E-state index in [1.165, 1.54) is 7.11 Å². The van der Waals surface area contributed by atoms with Gasteiger partial charge in [-0.25, -0.2) is 9.59 Å². The third-order valence-corrected chi connectivity index (χ3v) is 3.28. The number of alkyl carbamates (subject to hydrolysis) is 1. The fourth-order valence-corrected chi connectivity index (χ4v) is 2.40. The maximum Gasteiger partial charge on any atom is 0.407 e. The molecule has 0 aromatic heterocycles. The van der Waals surface area contributed by atoms with Gasteiger partial charge in [0, 0.05) is 0 Å². The molecule has 0 radical (unpaired) electrons. The molecule has 6 heteroatoms. The Hall–Kier alpha value is -1.30. The Bertz CT molecular complexity index is 307. The smallest absolute Gasteiger partial charge is 0.407 e. The maximum atomic E-state index is 11.2. The van der Waals surface area contributed by atoms with Gasteiger partial charge in [-0.15, -0.1) is 0 Å². The molecule has 1 aliphatic heterocycles. The van der Waals surface area contributed by atoms with Gasteiger partial charge in [-0.2, -0.15) is 0 Å². The number of carboxylic acids is 1. The number of carbonyl (C=O) groups excluding carboxylic acids is 1. The van der Waals surface area contributed by atoms with Crippen LogP contribution in [0.3, 0.4) is 0 Å². The molecule has 0 bridgehead atoms. The Labute approximate surface area is 107 Å². The Morgan fingerprint density at radius 1 is 1.50 bits per heavy atom. The van der Waals surface area contributed by atoms with E-state index < -0.39 is 18.1 Å². The van der Waals surface area contributed by atoms with Crippen LogP contribution in [0.1, 0.15) is 33.1 Å². The molecule has 1 saturated heterocycles. The number of ether oxygens (including phenoxy) is 2. The standard InChI is InChI=1S/C12H21NO5/c1-4-9-6-8(5-7(2)18-9)10(11(14)15)13-12(16)17-3/h7-10H,4-6H2,1-3H3,(H,13,16)(H,14,15)/t7-,8+,9-,10?/m1/s1. The van der Waals surface area contributed by atoms with Crippen LogP contribution in [0.15, 0.2) is 0 Å². The Morgan fingerprint density at radius 2 is 2.17 bits per heavy atom. The minimum Gasteiger partial charge on any atom is -0.480 e. The van der Waals surface area contributed by atoms with Gasteiger partial charge in [-0.3, -0.25) is 0 Å². The first-order chi connectivity index (χ1) is 8.47. The number of hydrogen-bond donors (Lipinski definition) is 2. The molecule has 18 heavy (non-hydrogen) atoms. The Kier molecular flexibility index (Phi) is 5.40. The summed E-state index contributed by atoms with van der Waals surface area (Å²) in [6.45, 7) is 3.93. The number of methoxy groups -OCH3 is 1. The fourth-order valence-electron chi connectivity index (χ4n) is 2.40. The molecule has 1 fully saturated rings. The summed E-state index contributed by atoms with van der Waals surface area (Å²) in [5.74, 6) is -1.16. The van der Waals surface area contributed by atoms with Crippen LogP contribution in [0, 0.1) is 5.92 Å². The third-order valence-electron chi connectivity index (χ3n) is 3.28. The van der Waals surface area contributed by atoms with Gasteiger partial charge in [0.15, 0.2) is 0 Å². The number of nitrogens with one attached hydrogen (secondary N) is 1. The van der Waals surface area contributed by atoms with E-state index in [1.807, 2.05) is 13.8 Å². The van der Waals surface area contributed by atoms with Gasteiger partial charge in [0.05, 0.1) is 19.3 Å². The number of carbonyl (C=O) groups is 2. The second-order valence-electron chi connectivity index (χ2n) is 4.66. The predicted octanol–water partition coefficient (Wildman–Crippen LogP) is 1.39. The number of carboxylic acid groups (broad SMARTS) is 1. The monoisotopic (exact) mass is 259 g/mol. The molecule has 0 saturated carbocycles. The lowest BCUT2D eigenvalue weighted by Crippen LogP contribution is -2.49. The van der Waals surface area contributed by atoms with Gasteiger partial charge >= 0.3 is 12.1 Å². The minimum atomic E-state index is -1.03. The van der Waals surface area contributed by atoms with Crippen LogP contribution in [-0.4, -0.2) is 42.5 Å². The third kappa shape index (κ3) is 3.87. The van der Waals surface area contributed by atoms with Crippen LogP contribution < -0.4 is 5.32 Å². The van der Waals surface area contributed by atoms with Gasteiger partial charge in [-0.1, -0.05) is 6.92 Å². The van der Waals surface area contributed by atoms with Crippen molar-refractivity contribution in [3.63, 3.8) is 0 Å². The average molecular weight is 259 g/mol. The molecular formula is C12H21NO5. The Morgan fingerprint density at radius 3 is 2.67 bits per heavy atom. The molecule has 1 unspecified atom stereocenters. The van der Waals surface area contributed by atoms with Crippen LogP contribution in [0.2, 0.25) is 0 Å². The van der Waals surface area contributed by atoms with E-state index in [9.17, 15) is 14.7 Å². The predicted molar refractivity (Wildman–Crippen MR) is 64.3 cm³/mol. The zero-order valence-corrected chi connectivity index (χ0v) is 11.0. The molecule has 4 atom stereocenters. The Balaban J connectivity index is 2.72. The van der Waals surface area contributed by atoms with Crippen molar-refractivity contribution in [2.45, 2.75) is 51.4 Å². The highest BCUT2D eigenvalue weighted by Gasteiger charge is 2.36. The molecule has 1 heterocycles. The average Bonchev–Trinajstić information content (AvgIpc) is 2.34. The molecule has 0 aromatic carbocycles. The van der Waals surface area contributed by atoms with Crippen molar-refractivity contribution in [1.29, 1.82) is 0 Å². The van der Waals surface area contributed by atoms with Crippen molar-refractivity contribution in [2.75, 3.05) is 7.11 Å². The van der Waals surface area contributed by atoms with Gasteiger partial charge in [-0.05, 0) is 32.1 Å². The topological polar surface area (TPSA) is 84.9 Å². The van der Waals surface area contributed by atoms with E-state index in [0.29, 0.717) is 12.8 Å². The molecule has 1 amide bonds. The maximum absolute atomic E-state index is 11.2. The lowest BCUT2D eigenvalue weighted by Gasteiger charge is -2.36. The highest BCUT2D eigenvalue weighted by molar-refractivity contribution is 5.80. The normalized spacial score (nSPS) is 29.4. The SMILES string of the molecule is CC[C@@H]1C[C@@H](C(NC(=O)OC)C(=O)O)C[C@@H](C)O1. The molecule has 0 aliphatic carbocycles. The second kappa shape index (κ2) is 6.58. The summed E-state index contributed by atoms with van der Waals surface area (Å²) in [5, 5.41) is 11.6. The zero-order valence-electron chi connectivity index (χ0n) is 11.0. The van der Waals surface area contributed by atoms with Crippen molar-refractivity contribution in [1.82, 2.24) is 5.32 Å². The quantitative estimate of drug-likeness (QED) is 0.797. The van der Waals surface area contributed by atoms with Crippen LogP contribution in [0.4, 0.5) is 4.79 Å². The largest absolute Gasteiger partial charge is 0.480 e. The van der Waals surface area contributed by atoms with E-state index in [1.54, 1.807) is 0 Å². The molecular weight excluding hydrogens is 238 g/mol. The van der Waals surface area contributed by atoms with E-state index >= 15 is 0 Å². The van der Waals surface area contributed by atoms with Crippen LogP contribution >= 0.6 is 0 Å². The summed E-state index contributed by atoms with van der Waals surface area (Å²) in [5.41, 5.74) is 0. The fraction of sp³-hybridized carbons (Fsp3) is 0.833. The highest BCUT2D eigenvalue weighted by Crippen LogP contribution is 2.29. The van der Waals surface area contributed by atoms with Crippen molar-refractivity contribution < 1.29 is 24.2 Å². The minimum absolute atomic E-state index is 0.00926. The van der Waals surface area contributed by atoms with Crippen LogP contribution in [-0.2, 0) is 14.3 Å². The second-order valence-corrected chi connectivity index (χ2v) is 4.66. The van der Waals surface area contributed by atoms with Crippen molar-refractivity contribution in [3.8, 4) is 0 Å². The van der Waals surface area contributed by atoms with Gasteiger partial charge in [0.25, 0.3) is 0 Å².